The topological polar surface area (TPSA) is 54.9 Å². The Balaban J connectivity index is 1.32. The molecule has 182 valence electrons. The van der Waals surface area contributed by atoms with Gasteiger partial charge in [0, 0.05) is 54.8 Å². The molecule has 0 aliphatic carbocycles. The average Bonchev–Trinajstić information content (AvgIpc) is 3.25. The predicted octanol–water partition coefficient (Wildman–Crippen LogP) is 5.26. The molecule has 1 saturated heterocycles. The summed E-state index contributed by atoms with van der Waals surface area (Å²) >= 11 is 6.34. The van der Waals surface area contributed by atoms with Crippen LogP contribution in [0.25, 0.3) is 0 Å². The second-order valence-corrected chi connectivity index (χ2v) is 9.61. The van der Waals surface area contributed by atoms with E-state index in [4.69, 9.17) is 21.1 Å². The molecule has 0 spiro atoms. The van der Waals surface area contributed by atoms with Gasteiger partial charge in [-0.3, -0.25) is 9.78 Å². The van der Waals surface area contributed by atoms with Gasteiger partial charge in [0.05, 0.1) is 20.1 Å². The molecule has 5 rings (SSSR count). The van der Waals surface area contributed by atoms with E-state index in [1.165, 1.54) is 0 Å². The number of anilines is 1. The highest BCUT2D eigenvalue weighted by Crippen LogP contribution is 2.43. The van der Waals surface area contributed by atoms with Crippen LogP contribution in [0.3, 0.4) is 0 Å². The Labute approximate surface area is 211 Å². The summed E-state index contributed by atoms with van der Waals surface area (Å²) in [6.45, 7) is 2.77. The Morgan fingerprint density at radius 3 is 2.46 bits per heavy atom. The molecule has 7 heteroatoms. The summed E-state index contributed by atoms with van der Waals surface area (Å²) in [4.78, 5) is 22.2. The number of rotatable bonds is 6. The van der Waals surface area contributed by atoms with Crippen LogP contribution in [0.2, 0.25) is 5.02 Å². The number of carbonyl (C=O) groups excluding carboxylic acids is 1. The molecule has 2 aliphatic rings. The maximum absolute atomic E-state index is 13.7. The molecule has 2 aliphatic heterocycles. The Bertz CT molecular complexity index is 1170. The summed E-state index contributed by atoms with van der Waals surface area (Å²) in [6, 6.07) is 15.8. The third-order valence-corrected chi connectivity index (χ3v) is 7.42. The normalized spacial score (nSPS) is 17.9. The number of halogens is 1. The van der Waals surface area contributed by atoms with E-state index in [1.54, 1.807) is 20.4 Å². The molecular formula is C28H30ClN3O3. The standard InChI is InChI=1S/C28H30ClN3O3/c1-34-25-6-3-7-26(35-2)27(25)20-10-13-31(14-11-20)28(33)23-18-32(17-19-5-4-12-30-16-19)24-15-21(29)8-9-22(23)24/h3-9,12,15-16,20,23H,10-11,13-14,17-18H2,1-2H3. The molecular weight excluding hydrogens is 462 g/mol. The molecule has 6 nitrogen and oxygen atoms in total. The van der Waals surface area contributed by atoms with Crippen LogP contribution in [-0.2, 0) is 11.3 Å². The van der Waals surface area contributed by atoms with E-state index in [9.17, 15) is 4.79 Å². The fourth-order valence-corrected chi connectivity index (χ4v) is 5.63. The van der Waals surface area contributed by atoms with E-state index in [-0.39, 0.29) is 11.8 Å². The van der Waals surface area contributed by atoms with Gasteiger partial charge in [-0.15, -0.1) is 0 Å². The molecule has 3 heterocycles. The predicted molar refractivity (Wildman–Crippen MR) is 138 cm³/mol. The van der Waals surface area contributed by atoms with Gasteiger partial charge in [-0.05, 0) is 60.2 Å². The number of amides is 1. The number of likely N-dealkylation sites (tertiary alicyclic amines) is 1. The van der Waals surface area contributed by atoms with Crippen molar-refractivity contribution in [2.24, 2.45) is 0 Å². The van der Waals surface area contributed by atoms with Gasteiger partial charge in [0.15, 0.2) is 0 Å². The summed E-state index contributed by atoms with van der Waals surface area (Å²) in [7, 11) is 3.38. The first-order valence-electron chi connectivity index (χ1n) is 12.0. The number of nitrogens with zero attached hydrogens (tertiary/aromatic N) is 3. The SMILES string of the molecule is COc1cccc(OC)c1C1CCN(C(=O)C2CN(Cc3cccnc3)c3cc(Cl)ccc32)CC1. The molecule has 0 radical (unpaired) electrons. The highest BCUT2D eigenvalue weighted by Gasteiger charge is 2.38. The highest BCUT2D eigenvalue weighted by atomic mass is 35.5. The number of fused-ring (bicyclic) bond motifs is 1. The van der Waals surface area contributed by atoms with Crippen LogP contribution in [0.1, 0.15) is 41.4 Å². The zero-order valence-corrected chi connectivity index (χ0v) is 20.9. The van der Waals surface area contributed by atoms with Crippen molar-refractivity contribution in [2.75, 3.05) is 38.8 Å². The van der Waals surface area contributed by atoms with E-state index in [0.717, 1.165) is 46.7 Å². The molecule has 0 saturated carbocycles. The number of carbonyl (C=O) groups is 1. The summed E-state index contributed by atoms with van der Waals surface area (Å²) in [6.07, 6.45) is 5.40. The Morgan fingerprint density at radius 1 is 1.06 bits per heavy atom. The Kier molecular flexibility index (Phi) is 6.82. The van der Waals surface area contributed by atoms with E-state index < -0.39 is 0 Å². The first kappa shape index (κ1) is 23.5. The van der Waals surface area contributed by atoms with Crippen molar-refractivity contribution in [1.82, 2.24) is 9.88 Å². The molecule has 1 amide bonds. The molecule has 1 unspecified atom stereocenters. The molecule has 1 fully saturated rings. The number of ether oxygens (including phenoxy) is 2. The summed E-state index contributed by atoms with van der Waals surface area (Å²) in [5.74, 6) is 1.98. The van der Waals surface area contributed by atoms with Crippen molar-refractivity contribution in [3.63, 3.8) is 0 Å². The highest BCUT2D eigenvalue weighted by molar-refractivity contribution is 6.31. The van der Waals surface area contributed by atoms with Crippen molar-refractivity contribution in [3.8, 4) is 11.5 Å². The van der Waals surface area contributed by atoms with Crippen LogP contribution in [0, 0.1) is 0 Å². The first-order valence-corrected chi connectivity index (χ1v) is 12.4. The van der Waals surface area contributed by atoms with Gasteiger partial charge in [0.25, 0.3) is 0 Å². The monoisotopic (exact) mass is 491 g/mol. The third kappa shape index (κ3) is 4.67. The maximum atomic E-state index is 13.7. The zero-order chi connectivity index (χ0) is 24.4. The van der Waals surface area contributed by atoms with Gasteiger partial charge in [0.1, 0.15) is 11.5 Å². The number of aromatic nitrogens is 1. The van der Waals surface area contributed by atoms with Crippen molar-refractivity contribution in [1.29, 1.82) is 0 Å². The zero-order valence-electron chi connectivity index (χ0n) is 20.1. The quantitative estimate of drug-likeness (QED) is 0.470. The van der Waals surface area contributed by atoms with E-state index in [1.807, 2.05) is 53.6 Å². The molecule has 3 aromatic rings. The van der Waals surface area contributed by atoms with Crippen molar-refractivity contribution < 1.29 is 14.3 Å². The maximum Gasteiger partial charge on any atom is 0.231 e. The number of benzene rings is 2. The lowest BCUT2D eigenvalue weighted by Gasteiger charge is -2.34. The number of methoxy groups -OCH3 is 2. The van der Waals surface area contributed by atoms with E-state index >= 15 is 0 Å². The fourth-order valence-electron chi connectivity index (χ4n) is 5.47. The minimum Gasteiger partial charge on any atom is -0.496 e. The molecule has 0 bridgehead atoms. The lowest BCUT2D eigenvalue weighted by atomic mass is 9.87. The minimum absolute atomic E-state index is 0.188. The number of piperidine rings is 1. The van der Waals surface area contributed by atoms with E-state index in [2.05, 4.69) is 16.0 Å². The van der Waals surface area contributed by atoms with Crippen molar-refractivity contribution >= 4 is 23.2 Å². The second-order valence-electron chi connectivity index (χ2n) is 9.17. The number of hydrogen-bond acceptors (Lipinski definition) is 5. The lowest BCUT2D eigenvalue weighted by molar-refractivity contribution is -0.133. The van der Waals surface area contributed by atoms with Gasteiger partial charge in [0.2, 0.25) is 5.91 Å². The smallest absolute Gasteiger partial charge is 0.231 e. The van der Waals surface area contributed by atoms with Gasteiger partial charge in [-0.1, -0.05) is 29.8 Å². The molecule has 35 heavy (non-hydrogen) atoms. The van der Waals surface area contributed by atoms with Crippen LogP contribution in [0.4, 0.5) is 5.69 Å². The van der Waals surface area contributed by atoms with Crippen LogP contribution < -0.4 is 14.4 Å². The van der Waals surface area contributed by atoms with E-state index in [0.29, 0.717) is 37.1 Å². The van der Waals surface area contributed by atoms with Crippen LogP contribution >= 0.6 is 11.6 Å². The van der Waals surface area contributed by atoms with Gasteiger partial charge < -0.3 is 19.3 Å². The first-order chi connectivity index (χ1) is 17.1. The fraction of sp³-hybridized carbons (Fsp3) is 0.357. The van der Waals surface area contributed by atoms with Gasteiger partial charge in [-0.2, -0.15) is 0 Å². The van der Waals surface area contributed by atoms with Gasteiger partial charge >= 0.3 is 0 Å². The van der Waals surface area contributed by atoms with Crippen molar-refractivity contribution in [3.05, 3.63) is 82.6 Å². The molecule has 2 aromatic carbocycles. The minimum atomic E-state index is -0.198. The van der Waals surface area contributed by atoms with Gasteiger partial charge in [-0.25, -0.2) is 0 Å². The van der Waals surface area contributed by atoms with Crippen LogP contribution in [0.15, 0.2) is 60.9 Å². The largest absolute Gasteiger partial charge is 0.496 e. The van der Waals surface area contributed by atoms with Crippen molar-refractivity contribution in [2.45, 2.75) is 31.2 Å². The average molecular weight is 492 g/mol. The molecule has 0 N–H and O–H groups in total. The number of pyridine rings is 1. The third-order valence-electron chi connectivity index (χ3n) is 7.19. The Morgan fingerprint density at radius 2 is 1.80 bits per heavy atom. The molecule has 1 atom stereocenters. The lowest BCUT2D eigenvalue weighted by Crippen LogP contribution is -2.41. The number of hydrogen-bond donors (Lipinski definition) is 0. The van der Waals surface area contributed by atoms with Crippen LogP contribution in [0.5, 0.6) is 11.5 Å². The summed E-state index contributed by atoms with van der Waals surface area (Å²) in [5, 5.41) is 0.680. The summed E-state index contributed by atoms with van der Waals surface area (Å²) in [5.41, 5.74) is 4.30. The summed E-state index contributed by atoms with van der Waals surface area (Å²) < 4.78 is 11.2. The second kappa shape index (κ2) is 10.2. The molecule has 1 aromatic heterocycles. The van der Waals surface area contributed by atoms with Crippen LogP contribution in [-0.4, -0.2) is 49.6 Å². The Hall–Kier alpha value is -3.25.